The number of likely N-dealkylation sites (tertiary alicyclic amines) is 1. The summed E-state index contributed by atoms with van der Waals surface area (Å²) in [6.45, 7) is 1.30. The molecule has 0 bridgehead atoms. The number of hydrazone groups is 1. The highest BCUT2D eigenvalue weighted by molar-refractivity contribution is 7.86. The van der Waals surface area contributed by atoms with Crippen LogP contribution in [0.1, 0.15) is 34.7 Å². The molecule has 2 atom stereocenters. The van der Waals surface area contributed by atoms with E-state index in [1.807, 2.05) is 48.5 Å². The third-order valence-electron chi connectivity index (χ3n) is 5.88. The van der Waals surface area contributed by atoms with Gasteiger partial charge in [0.2, 0.25) is 5.91 Å². The van der Waals surface area contributed by atoms with Crippen molar-refractivity contribution in [1.82, 2.24) is 9.21 Å². The Morgan fingerprint density at radius 1 is 1.13 bits per heavy atom. The highest BCUT2D eigenvalue weighted by Crippen LogP contribution is 2.41. The molecule has 30 heavy (non-hydrogen) atoms. The van der Waals surface area contributed by atoms with Crippen LogP contribution in [0.2, 0.25) is 0 Å². The van der Waals surface area contributed by atoms with Crippen molar-refractivity contribution in [2.24, 2.45) is 22.0 Å². The normalized spacial score (nSPS) is 22.6. The number of carbonyl (C=O) groups excluding carboxylic acids is 1. The van der Waals surface area contributed by atoms with Gasteiger partial charge in [-0.05, 0) is 41.2 Å². The molecule has 2 aliphatic rings. The molecule has 0 saturated carbocycles. The van der Waals surface area contributed by atoms with E-state index in [-0.39, 0.29) is 12.5 Å². The van der Waals surface area contributed by atoms with Gasteiger partial charge in [0.25, 0.3) is 10.2 Å². The lowest BCUT2D eigenvalue weighted by atomic mass is 9.85. The molecular weight excluding hydrogens is 402 g/mol. The van der Waals surface area contributed by atoms with Gasteiger partial charge in [0.15, 0.2) is 0 Å². The number of amides is 1. The van der Waals surface area contributed by atoms with E-state index in [4.69, 9.17) is 11.0 Å². The predicted molar refractivity (Wildman–Crippen MR) is 114 cm³/mol. The zero-order valence-electron chi connectivity index (χ0n) is 16.5. The molecule has 9 heteroatoms. The van der Waals surface area contributed by atoms with Gasteiger partial charge < -0.3 is 10.7 Å². The molecule has 0 aliphatic carbocycles. The van der Waals surface area contributed by atoms with Gasteiger partial charge in [-0.25, -0.2) is 5.14 Å². The van der Waals surface area contributed by atoms with Gasteiger partial charge in [0, 0.05) is 19.6 Å². The van der Waals surface area contributed by atoms with Gasteiger partial charge in [-0.15, -0.1) is 0 Å². The average molecular weight is 428 g/mol. The predicted octanol–water partition coefficient (Wildman–Crippen LogP) is 1.13. The number of carbonyl (C=O) groups is 1. The summed E-state index contributed by atoms with van der Waals surface area (Å²) in [4.78, 5) is 15.1. The highest BCUT2D eigenvalue weighted by Gasteiger charge is 2.45. The standard InChI is InChI=1S/C21H25N5O3S/c22-24-13-15-4-3-5-16(12-15)14-25-10-9-19(21(25)27)20-18-7-2-1-6-17(18)8-11-26(20)30(23,28)29/h1-7,12-13,19-20H,8-11,14,22H2,(H2,23,28,29)/t19-,20?/m0/s1. The highest BCUT2D eigenvalue weighted by atomic mass is 32.2. The van der Waals surface area contributed by atoms with Crippen LogP contribution >= 0.6 is 0 Å². The van der Waals surface area contributed by atoms with Crippen LogP contribution in [0.15, 0.2) is 53.6 Å². The second kappa shape index (κ2) is 8.17. The molecule has 2 aromatic rings. The lowest BCUT2D eigenvalue weighted by Crippen LogP contribution is -2.47. The number of hydrogen-bond donors (Lipinski definition) is 2. The molecule has 0 spiro atoms. The molecule has 4 rings (SSSR count). The van der Waals surface area contributed by atoms with Gasteiger partial charge in [-0.3, -0.25) is 4.79 Å². The largest absolute Gasteiger partial charge is 0.338 e. The summed E-state index contributed by atoms with van der Waals surface area (Å²) in [5.74, 6) is 4.71. The molecule has 1 fully saturated rings. The van der Waals surface area contributed by atoms with E-state index >= 15 is 0 Å². The first-order chi connectivity index (χ1) is 14.4. The maximum absolute atomic E-state index is 13.3. The zero-order valence-corrected chi connectivity index (χ0v) is 17.3. The van der Waals surface area contributed by atoms with Gasteiger partial charge in [0.1, 0.15) is 0 Å². The number of nitrogens with two attached hydrogens (primary N) is 2. The van der Waals surface area contributed by atoms with Crippen molar-refractivity contribution in [3.05, 3.63) is 70.8 Å². The summed E-state index contributed by atoms with van der Waals surface area (Å²) in [7, 11) is -3.93. The first kappa shape index (κ1) is 20.5. The summed E-state index contributed by atoms with van der Waals surface area (Å²) >= 11 is 0. The van der Waals surface area contributed by atoms with Gasteiger partial charge in [0.05, 0.1) is 18.2 Å². The summed E-state index contributed by atoms with van der Waals surface area (Å²) in [5.41, 5.74) is 3.77. The molecule has 2 aromatic carbocycles. The van der Waals surface area contributed by atoms with Gasteiger partial charge in [-0.1, -0.05) is 42.5 Å². The van der Waals surface area contributed by atoms with E-state index in [1.54, 1.807) is 11.1 Å². The third-order valence-corrected chi connectivity index (χ3v) is 6.94. The van der Waals surface area contributed by atoms with E-state index in [0.29, 0.717) is 25.9 Å². The molecule has 2 aliphatic heterocycles. The van der Waals surface area contributed by atoms with Crippen molar-refractivity contribution in [1.29, 1.82) is 0 Å². The van der Waals surface area contributed by atoms with Crippen molar-refractivity contribution < 1.29 is 13.2 Å². The summed E-state index contributed by atoms with van der Waals surface area (Å²) in [5, 5.41) is 9.06. The van der Waals surface area contributed by atoms with E-state index in [9.17, 15) is 13.2 Å². The quantitative estimate of drug-likeness (QED) is 0.422. The van der Waals surface area contributed by atoms with E-state index in [2.05, 4.69) is 5.10 Å². The first-order valence-electron chi connectivity index (χ1n) is 9.87. The number of fused-ring (bicyclic) bond motifs is 1. The van der Waals surface area contributed by atoms with Crippen LogP contribution in [0.4, 0.5) is 0 Å². The fourth-order valence-electron chi connectivity index (χ4n) is 4.57. The van der Waals surface area contributed by atoms with Crippen LogP contribution in [0, 0.1) is 5.92 Å². The Hall–Kier alpha value is -2.75. The monoisotopic (exact) mass is 427 g/mol. The Morgan fingerprint density at radius 3 is 2.70 bits per heavy atom. The van der Waals surface area contributed by atoms with Crippen molar-refractivity contribution in [2.75, 3.05) is 13.1 Å². The van der Waals surface area contributed by atoms with Crippen LogP contribution in [0.5, 0.6) is 0 Å². The van der Waals surface area contributed by atoms with Crippen molar-refractivity contribution >= 4 is 22.3 Å². The Balaban J connectivity index is 1.61. The minimum Gasteiger partial charge on any atom is -0.338 e. The van der Waals surface area contributed by atoms with E-state index < -0.39 is 22.2 Å². The van der Waals surface area contributed by atoms with Crippen LogP contribution < -0.4 is 11.0 Å². The molecule has 0 radical (unpaired) electrons. The smallest absolute Gasteiger partial charge is 0.277 e. The number of nitrogens with zero attached hydrogens (tertiary/aromatic N) is 3. The number of benzene rings is 2. The Labute approximate surface area is 176 Å². The summed E-state index contributed by atoms with van der Waals surface area (Å²) < 4.78 is 25.9. The van der Waals surface area contributed by atoms with E-state index in [1.165, 1.54) is 4.31 Å². The van der Waals surface area contributed by atoms with Crippen molar-refractivity contribution in [3.8, 4) is 0 Å². The molecule has 1 saturated heterocycles. The fraction of sp³-hybridized carbons (Fsp3) is 0.333. The maximum atomic E-state index is 13.3. The Kier molecular flexibility index (Phi) is 5.59. The fourth-order valence-corrected chi connectivity index (χ4v) is 5.49. The van der Waals surface area contributed by atoms with Crippen LogP contribution in [0.25, 0.3) is 0 Å². The second-order valence-electron chi connectivity index (χ2n) is 7.73. The molecule has 1 amide bonds. The van der Waals surface area contributed by atoms with Gasteiger partial charge >= 0.3 is 0 Å². The Morgan fingerprint density at radius 2 is 1.93 bits per heavy atom. The molecule has 4 N–H and O–H groups in total. The molecule has 0 aromatic heterocycles. The minimum atomic E-state index is -3.93. The lowest BCUT2D eigenvalue weighted by Gasteiger charge is -2.37. The lowest BCUT2D eigenvalue weighted by molar-refractivity contribution is -0.133. The number of rotatable bonds is 5. The van der Waals surface area contributed by atoms with Crippen LogP contribution in [-0.4, -0.2) is 42.8 Å². The molecule has 158 valence electrons. The maximum Gasteiger partial charge on any atom is 0.277 e. The second-order valence-corrected chi connectivity index (χ2v) is 9.23. The molecule has 1 unspecified atom stereocenters. The number of hydrogen-bond acceptors (Lipinski definition) is 5. The van der Waals surface area contributed by atoms with E-state index in [0.717, 1.165) is 22.3 Å². The zero-order chi connectivity index (χ0) is 21.3. The minimum absolute atomic E-state index is 0.0525. The van der Waals surface area contributed by atoms with Gasteiger partial charge in [-0.2, -0.15) is 17.8 Å². The van der Waals surface area contributed by atoms with Crippen molar-refractivity contribution in [2.45, 2.75) is 25.4 Å². The van der Waals surface area contributed by atoms with Crippen LogP contribution in [-0.2, 0) is 28.0 Å². The Bertz CT molecular complexity index is 1090. The molecule has 8 nitrogen and oxygen atoms in total. The summed E-state index contributed by atoms with van der Waals surface area (Å²) in [6.07, 6.45) is 2.72. The topological polar surface area (TPSA) is 122 Å². The third kappa shape index (κ3) is 3.96. The molecule has 2 heterocycles. The summed E-state index contributed by atoms with van der Waals surface area (Å²) in [6, 6.07) is 14.8. The van der Waals surface area contributed by atoms with Crippen LogP contribution in [0.3, 0.4) is 0 Å². The molecular formula is C21H25N5O3S. The first-order valence-corrected chi connectivity index (χ1v) is 11.4. The SMILES string of the molecule is NN=Cc1cccc(CN2CC[C@@H](C3c4ccccc4CCN3S(N)(=O)=O)C2=O)c1. The van der Waals surface area contributed by atoms with Crippen molar-refractivity contribution in [3.63, 3.8) is 0 Å². The average Bonchev–Trinajstić information content (AvgIpc) is 3.07.